The number of benzene rings is 1. The molecule has 0 radical (unpaired) electrons. The number of pyridine rings is 1. The van der Waals surface area contributed by atoms with Crippen LogP contribution in [0.3, 0.4) is 0 Å². The van der Waals surface area contributed by atoms with Crippen molar-refractivity contribution in [1.82, 2.24) is 4.57 Å². The lowest BCUT2D eigenvalue weighted by molar-refractivity contribution is 0.859. The number of hydrogen-bond acceptors (Lipinski definition) is 3. The van der Waals surface area contributed by atoms with Gasteiger partial charge in [0.2, 0.25) is 5.56 Å². The topological polar surface area (TPSA) is 60.1 Å². The zero-order valence-electron chi connectivity index (χ0n) is 9.68. The van der Waals surface area contributed by atoms with Gasteiger partial charge in [-0.2, -0.15) is 0 Å². The zero-order valence-corrected chi connectivity index (χ0v) is 9.68. The number of para-hydroxylation sites is 1. The van der Waals surface area contributed by atoms with Crippen molar-refractivity contribution < 1.29 is 0 Å². The first kappa shape index (κ1) is 11.3. The van der Waals surface area contributed by atoms with Crippen LogP contribution in [-0.4, -0.2) is 4.57 Å². The molecule has 1 aromatic heterocycles. The SMILES string of the molecule is Cn1cc(NCc2ccccc2N)ccc1=O. The van der Waals surface area contributed by atoms with Gasteiger partial charge in [-0.25, -0.2) is 0 Å². The monoisotopic (exact) mass is 229 g/mol. The Labute approximate surface area is 99.7 Å². The number of aromatic nitrogens is 1. The zero-order chi connectivity index (χ0) is 12.3. The van der Waals surface area contributed by atoms with Crippen LogP contribution < -0.4 is 16.6 Å². The van der Waals surface area contributed by atoms with Crippen molar-refractivity contribution in [2.75, 3.05) is 11.1 Å². The lowest BCUT2D eigenvalue weighted by Gasteiger charge is -2.09. The molecule has 2 aromatic rings. The van der Waals surface area contributed by atoms with Crippen molar-refractivity contribution in [2.45, 2.75) is 6.54 Å². The van der Waals surface area contributed by atoms with Gasteiger partial charge in [-0.05, 0) is 17.7 Å². The molecule has 0 aliphatic carbocycles. The van der Waals surface area contributed by atoms with Gasteiger partial charge in [-0.3, -0.25) is 4.79 Å². The van der Waals surface area contributed by atoms with E-state index in [2.05, 4.69) is 5.32 Å². The molecule has 88 valence electrons. The highest BCUT2D eigenvalue weighted by Gasteiger charge is 1.98. The molecule has 17 heavy (non-hydrogen) atoms. The Hall–Kier alpha value is -2.23. The molecule has 0 spiro atoms. The van der Waals surface area contributed by atoms with Gasteiger partial charge in [0.15, 0.2) is 0 Å². The van der Waals surface area contributed by atoms with Crippen LogP contribution in [-0.2, 0) is 13.6 Å². The summed E-state index contributed by atoms with van der Waals surface area (Å²) < 4.78 is 1.54. The summed E-state index contributed by atoms with van der Waals surface area (Å²) in [5.41, 5.74) is 8.53. The summed E-state index contributed by atoms with van der Waals surface area (Å²) in [6.45, 7) is 0.644. The summed E-state index contributed by atoms with van der Waals surface area (Å²) >= 11 is 0. The largest absolute Gasteiger partial charge is 0.398 e. The molecule has 3 N–H and O–H groups in total. The molecule has 1 aromatic carbocycles. The Morgan fingerprint density at radius 2 is 2.00 bits per heavy atom. The predicted octanol–water partition coefficient (Wildman–Crippen LogP) is 1.58. The van der Waals surface area contributed by atoms with Gasteiger partial charge in [0, 0.05) is 31.5 Å². The molecule has 0 saturated carbocycles. The van der Waals surface area contributed by atoms with Crippen molar-refractivity contribution >= 4 is 11.4 Å². The third kappa shape index (κ3) is 2.66. The lowest BCUT2D eigenvalue weighted by atomic mass is 10.2. The fourth-order valence-electron chi connectivity index (χ4n) is 1.59. The van der Waals surface area contributed by atoms with Crippen molar-refractivity contribution in [3.8, 4) is 0 Å². The summed E-state index contributed by atoms with van der Waals surface area (Å²) in [5.74, 6) is 0. The Balaban J connectivity index is 2.10. The second kappa shape index (κ2) is 4.74. The minimum Gasteiger partial charge on any atom is -0.398 e. The Kier molecular flexibility index (Phi) is 3.14. The Morgan fingerprint density at radius 1 is 1.24 bits per heavy atom. The molecular weight excluding hydrogens is 214 g/mol. The molecule has 0 atom stereocenters. The van der Waals surface area contributed by atoms with Gasteiger partial charge in [-0.15, -0.1) is 0 Å². The average molecular weight is 229 g/mol. The van der Waals surface area contributed by atoms with E-state index < -0.39 is 0 Å². The van der Waals surface area contributed by atoms with E-state index in [9.17, 15) is 4.79 Å². The Morgan fingerprint density at radius 3 is 2.71 bits per heavy atom. The lowest BCUT2D eigenvalue weighted by Crippen LogP contribution is -2.15. The maximum Gasteiger partial charge on any atom is 0.250 e. The van der Waals surface area contributed by atoms with E-state index in [1.807, 2.05) is 24.3 Å². The molecule has 0 fully saturated rings. The van der Waals surface area contributed by atoms with Crippen molar-refractivity contribution in [3.05, 3.63) is 58.5 Å². The summed E-state index contributed by atoms with van der Waals surface area (Å²) in [6, 6.07) is 11.0. The van der Waals surface area contributed by atoms with Gasteiger partial charge >= 0.3 is 0 Å². The van der Waals surface area contributed by atoms with Crippen LogP contribution in [0.4, 0.5) is 11.4 Å². The maximum atomic E-state index is 11.2. The molecule has 4 heteroatoms. The van der Waals surface area contributed by atoms with Crippen LogP contribution in [0.15, 0.2) is 47.4 Å². The minimum absolute atomic E-state index is 0.0187. The third-order valence-corrected chi connectivity index (χ3v) is 2.62. The van der Waals surface area contributed by atoms with Crippen molar-refractivity contribution in [1.29, 1.82) is 0 Å². The van der Waals surface area contributed by atoms with Crippen LogP contribution >= 0.6 is 0 Å². The molecule has 2 rings (SSSR count). The highest BCUT2D eigenvalue weighted by molar-refractivity contribution is 5.49. The number of aryl methyl sites for hydroxylation is 1. The van der Waals surface area contributed by atoms with E-state index in [1.165, 1.54) is 10.6 Å². The van der Waals surface area contributed by atoms with Gasteiger partial charge in [-0.1, -0.05) is 18.2 Å². The maximum absolute atomic E-state index is 11.2. The van der Waals surface area contributed by atoms with Crippen LogP contribution in [0.5, 0.6) is 0 Å². The van der Waals surface area contributed by atoms with Crippen LogP contribution in [0.2, 0.25) is 0 Å². The van der Waals surface area contributed by atoms with Gasteiger partial charge in [0.05, 0.1) is 5.69 Å². The van der Waals surface area contributed by atoms with E-state index >= 15 is 0 Å². The fraction of sp³-hybridized carbons (Fsp3) is 0.154. The summed E-state index contributed by atoms with van der Waals surface area (Å²) in [4.78, 5) is 11.2. The predicted molar refractivity (Wildman–Crippen MR) is 69.9 cm³/mol. The van der Waals surface area contributed by atoms with Crippen molar-refractivity contribution in [3.63, 3.8) is 0 Å². The normalized spacial score (nSPS) is 10.2. The van der Waals surface area contributed by atoms with Gasteiger partial charge in [0.25, 0.3) is 0 Å². The second-order valence-corrected chi connectivity index (χ2v) is 3.92. The summed E-state index contributed by atoms with van der Waals surface area (Å²) in [5, 5.41) is 3.23. The summed E-state index contributed by atoms with van der Waals surface area (Å²) in [6.07, 6.45) is 1.77. The van der Waals surface area contributed by atoms with Crippen molar-refractivity contribution in [2.24, 2.45) is 7.05 Å². The van der Waals surface area contributed by atoms with Gasteiger partial charge < -0.3 is 15.6 Å². The van der Waals surface area contributed by atoms with E-state index in [0.29, 0.717) is 6.54 Å². The minimum atomic E-state index is -0.0187. The molecule has 0 aliphatic rings. The quantitative estimate of drug-likeness (QED) is 0.785. The molecule has 0 aliphatic heterocycles. The number of nitrogens with two attached hydrogens (primary N) is 1. The number of hydrogen-bond donors (Lipinski definition) is 2. The first-order valence-electron chi connectivity index (χ1n) is 5.41. The smallest absolute Gasteiger partial charge is 0.250 e. The molecule has 1 heterocycles. The van der Waals surface area contributed by atoms with Crippen LogP contribution in [0, 0.1) is 0 Å². The molecule has 0 bridgehead atoms. The van der Waals surface area contributed by atoms with E-state index in [1.54, 1.807) is 19.3 Å². The third-order valence-electron chi connectivity index (χ3n) is 2.62. The highest BCUT2D eigenvalue weighted by atomic mass is 16.1. The number of rotatable bonds is 3. The second-order valence-electron chi connectivity index (χ2n) is 3.92. The molecular formula is C13H15N3O. The number of anilines is 2. The molecule has 0 unspecified atom stereocenters. The number of nitrogens with zero attached hydrogens (tertiary/aromatic N) is 1. The van der Waals surface area contributed by atoms with E-state index in [4.69, 9.17) is 5.73 Å². The summed E-state index contributed by atoms with van der Waals surface area (Å²) in [7, 11) is 1.73. The Bertz CT molecular complexity index is 575. The number of nitrogen functional groups attached to an aromatic ring is 1. The fourth-order valence-corrected chi connectivity index (χ4v) is 1.59. The first-order chi connectivity index (χ1) is 8.16. The number of nitrogens with one attached hydrogen (secondary N) is 1. The van der Waals surface area contributed by atoms with Gasteiger partial charge in [0.1, 0.15) is 0 Å². The average Bonchev–Trinajstić information content (AvgIpc) is 2.32. The molecule has 4 nitrogen and oxygen atoms in total. The molecule has 0 amide bonds. The van der Waals surface area contributed by atoms with Crippen LogP contribution in [0.25, 0.3) is 0 Å². The van der Waals surface area contributed by atoms with Crippen LogP contribution in [0.1, 0.15) is 5.56 Å². The first-order valence-corrected chi connectivity index (χ1v) is 5.41. The molecule has 0 saturated heterocycles. The van der Waals surface area contributed by atoms with E-state index in [-0.39, 0.29) is 5.56 Å². The standard InChI is InChI=1S/C13H15N3O/c1-16-9-11(6-7-13(16)17)15-8-10-4-2-3-5-12(10)14/h2-7,9,15H,8,14H2,1H3. The highest BCUT2D eigenvalue weighted by Crippen LogP contribution is 2.12. The van der Waals surface area contributed by atoms with E-state index in [0.717, 1.165) is 16.9 Å².